The van der Waals surface area contributed by atoms with E-state index in [2.05, 4.69) is 134 Å². The molecule has 40 heavy (non-hydrogen) atoms. The van der Waals surface area contributed by atoms with Crippen LogP contribution in [0, 0.1) is 13.8 Å². The third-order valence-electron chi connectivity index (χ3n) is 8.13. The van der Waals surface area contributed by atoms with Gasteiger partial charge in [0.15, 0.2) is 0 Å². The second-order valence-electron chi connectivity index (χ2n) is 10.7. The Morgan fingerprint density at radius 3 is 1.73 bits per heavy atom. The summed E-state index contributed by atoms with van der Waals surface area (Å²) < 4.78 is 8.71. The molecule has 2 heteroatoms. The summed E-state index contributed by atoms with van der Waals surface area (Å²) in [5.74, 6) is 0. The summed E-state index contributed by atoms with van der Waals surface area (Å²) in [5.41, 5.74) is 12.7. The van der Waals surface area contributed by atoms with Crippen molar-refractivity contribution in [2.45, 2.75) is 13.8 Å². The molecule has 0 aliphatic rings. The number of furan rings is 1. The number of nitrogens with zero attached hydrogens (tertiary/aromatic N) is 1. The number of benzene rings is 6. The van der Waals surface area contributed by atoms with Crippen molar-refractivity contribution in [3.8, 4) is 27.9 Å². The van der Waals surface area contributed by atoms with Gasteiger partial charge in [-0.2, -0.15) is 0 Å². The highest BCUT2D eigenvalue weighted by Gasteiger charge is 2.19. The van der Waals surface area contributed by atoms with Gasteiger partial charge in [-0.05, 0) is 72.0 Å². The number of para-hydroxylation sites is 2. The first kappa shape index (κ1) is 22.9. The van der Waals surface area contributed by atoms with Crippen molar-refractivity contribution < 1.29 is 4.42 Å². The Hall–Kier alpha value is -5.08. The summed E-state index contributed by atoms with van der Waals surface area (Å²) >= 11 is 0. The predicted octanol–water partition coefficient (Wildman–Crippen LogP) is 10.6. The van der Waals surface area contributed by atoms with Gasteiger partial charge in [0.1, 0.15) is 11.2 Å². The molecule has 0 N–H and O–H groups in total. The smallest absolute Gasteiger partial charge is 0.136 e. The van der Waals surface area contributed by atoms with Crippen LogP contribution in [0.3, 0.4) is 0 Å². The Kier molecular flexibility index (Phi) is 4.99. The Balaban J connectivity index is 1.45. The molecule has 0 amide bonds. The highest BCUT2D eigenvalue weighted by Crippen LogP contribution is 2.43. The van der Waals surface area contributed by atoms with Crippen molar-refractivity contribution in [1.82, 2.24) is 4.57 Å². The fraction of sp³-hybridized carbons (Fsp3) is 0.0526. The third-order valence-corrected chi connectivity index (χ3v) is 8.13. The van der Waals surface area contributed by atoms with Crippen LogP contribution in [-0.2, 0) is 0 Å². The number of hydrogen-bond donors (Lipinski definition) is 0. The molecule has 0 bridgehead atoms. The second kappa shape index (κ2) is 8.72. The van der Waals surface area contributed by atoms with Crippen molar-refractivity contribution in [2.75, 3.05) is 0 Å². The Morgan fingerprint density at radius 2 is 1.00 bits per heavy atom. The molecule has 0 fully saturated rings. The molecule has 0 saturated carbocycles. The molecule has 0 atom stereocenters. The number of aromatic nitrogens is 1. The fourth-order valence-electron chi connectivity index (χ4n) is 6.35. The molecule has 2 heterocycles. The second-order valence-corrected chi connectivity index (χ2v) is 10.7. The van der Waals surface area contributed by atoms with Gasteiger partial charge in [-0.25, -0.2) is 0 Å². The molecular formula is C38H27NO. The molecule has 0 spiro atoms. The van der Waals surface area contributed by atoms with E-state index in [1.807, 2.05) is 12.1 Å². The molecule has 2 nitrogen and oxygen atoms in total. The third kappa shape index (κ3) is 3.36. The summed E-state index contributed by atoms with van der Waals surface area (Å²) in [4.78, 5) is 0. The minimum absolute atomic E-state index is 0.912. The zero-order valence-corrected chi connectivity index (χ0v) is 22.5. The van der Waals surface area contributed by atoms with Crippen LogP contribution in [0.1, 0.15) is 11.1 Å². The highest BCUT2D eigenvalue weighted by molar-refractivity contribution is 6.14. The van der Waals surface area contributed by atoms with Gasteiger partial charge in [-0.1, -0.05) is 97.1 Å². The maximum atomic E-state index is 6.26. The number of hydrogen-bond acceptors (Lipinski definition) is 1. The van der Waals surface area contributed by atoms with Crippen molar-refractivity contribution in [2.24, 2.45) is 0 Å². The minimum atomic E-state index is 0.912. The largest absolute Gasteiger partial charge is 0.456 e. The van der Waals surface area contributed by atoms with E-state index >= 15 is 0 Å². The topological polar surface area (TPSA) is 18.1 Å². The van der Waals surface area contributed by atoms with Crippen LogP contribution < -0.4 is 0 Å². The molecule has 0 unspecified atom stereocenters. The fourth-order valence-corrected chi connectivity index (χ4v) is 6.35. The Morgan fingerprint density at radius 1 is 0.450 bits per heavy atom. The SMILES string of the molecule is Cc1ccc2c3ccc(C)cc3n(-c3ccccc3-c3ccccc3-c3cccc4oc5ccccc5c34)c2c1. The lowest BCUT2D eigenvalue weighted by Crippen LogP contribution is -1.98. The summed E-state index contributed by atoms with van der Waals surface area (Å²) in [6.07, 6.45) is 0. The van der Waals surface area contributed by atoms with Crippen LogP contribution in [-0.4, -0.2) is 4.57 Å². The lowest BCUT2D eigenvalue weighted by atomic mass is 9.91. The summed E-state index contributed by atoms with van der Waals surface area (Å²) in [6, 6.07) is 45.9. The van der Waals surface area contributed by atoms with Crippen molar-refractivity contribution >= 4 is 43.7 Å². The van der Waals surface area contributed by atoms with Crippen LogP contribution in [0.4, 0.5) is 0 Å². The summed E-state index contributed by atoms with van der Waals surface area (Å²) in [7, 11) is 0. The van der Waals surface area contributed by atoms with Gasteiger partial charge in [0.2, 0.25) is 0 Å². The van der Waals surface area contributed by atoms with Gasteiger partial charge in [-0.15, -0.1) is 0 Å². The molecule has 8 rings (SSSR count). The molecule has 6 aromatic carbocycles. The number of aryl methyl sites for hydroxylation is 2. The molecule has 0 radical (unpaired) electrons. The Labute approximate surface area is 232 Å². The molecule has 0 aliphatic carbocycles. The van der Waals surface area contributed by atoms with E-state index in [-0.39, 0.29) is 0 Å². The minimum Gasteiger partial charge on any atom is -0.456 e. The molecule has 2 aromatic heterocycles. The summed E-state index contributed by atoms with van der Waals surface area (Å²) in [6.45, 7) is 4.34. The van der Waals surface area contributed by atoms with Gasteiger partial charge >= 0.3 is 0 Å². The van der Waals surface area contributed by atoms with Crippen molar-refractivity contribution in [3.63, 3.8) is 0 Å². The van der Waals surface area contributed by atoms with Crippen LogP contribution in [0.15, 0.2) is 132 Å². The molecular weight excluding hydrogens is 486 g/mol. The van der Waals surface area contributed by atoms with Crippen LogP contribution in [0.5, 0.6) is 0 Å². The van der Waals surface area contributed by atoms with Gasteiger partial charge in [0.05, 0.1) is 16.7 Å². The van der Waals surface area contributed by atoms with E-state index in [0.717, 1.165) is 21.9 Å². The first-order valence-corrected chi connectivity index (χ1v) is 13.8. The number of fused-ring (bicyclic) bond motifs is 6. The monoisotopic (exact) mass is 513 g/mol. The van der Waals surface area contributed by atoms with Crippen LogP contribution >= 0.6 is 0 Å². The van der Waals surface area contributed by atoms with E-state index in [1.165, 1.54) is 60.9 Å². The predicted molar refractivity (Wildman–Crippen MR) is 168 cm³/mol. The van der Waals surface area contributed by atoms with Gasteiger partial charge in [0.25, 0.3) is 0 Å². The first-order chi connectivity index (χ1) is 19.7. The maximum Gasteiger partial charge on any atom is 0.136 e. The normalized spacial score (nSPS) is 11.8. The highest BCUT2D eigenvalue weighted by atomic mass is 16.3. The van der Waals surface area contributed by atoms with Gasteiger partial charge in [-0.3, -0.25) is 0 Å². The van der Waals surface area contributed by atoms with Crippen molar-refractivity contribution in [1.29, 1.82) is 0 Å². The van der Waals surface area contributed by atoms with Gasteiger partial charge < -0.3 is 8.98 Å². The zero-order valence-electron chi connectivity index (χ0n) is 22.5. The van der Waals surface area contributed by atoms with Crippen LogP contribution in [0.2, 0.25) is 0 Å². The quantitative estimate of drug-likeness (QED) is 0.230. The van der Waals surface area contributed by atoms with E-state index in [9.17, 15) is 0 Å². The van der Waals surface area contributed by atoms with Crippen molar-refractivity contribution in [3.05, 3.63) is 139 Å². The van der Waals surface area contributed by atoms with Crippen LogP contribution in [0.25, 0.3) is 71.7 Å². The average molecular weight is 514 g/mol. The molecule has 0 saturated heterocycles. The van der Waals surface area contributed by atoms with E-state index in [1.54, 1.807) is 0 Å². The van der Waals surface area contributed by atoms with Gasteiger partial charge in [0, 0.05) is 27.1 Å². The first-order valence-electron chi connectivity index (χ1n) is 13.8. The maximum absolute atomic E-state index is 6.26. The number of rotatable bonds is 3. The van der Waals surface area contributed by atoms with E-state index < -0.39 is 0 Å². The zero-order chi connectivity index (χ0) is 26.8. The lowest BCUT2D eigenvalue weighted by Gasteiger charge is -2.17. The lowest BCUT2D eigenvalue weighted by molar-refractivity contribution is 0.669. The molecule has 0 aliphatic heterocycles. The van der Waals surface area contributed by atoms with E-state index in [4.69, 9.17) is 4.42 Å². The average Bonchev–Trinajstić information content (AvgIpc) is 3.52. The summed E-state index contributed by atoms with van der Waals surface area (Å²) in [5, 5.41) is 4.85. The van der Waals surface area contributed by atoms with E-state index in [0.29, 0.717) is 0 Å². The standard InChI is InChI=1S/C38H27NO/c1-24-18-20-29-30-21-19-25(2)23-35(30)39(34(29)22-24)33-15-7-5-12-28(33)26-10-3-4-11-27(26)31-14-9-17-37-38(31)32-13-6-8-16-36(32)40-37/h3-23H,1-2H3. The Bertz CT molecular complexity index is 2190. The molecule has 8 aromatic rings. The molecule has 190 valence electrons.